The predicted molar refractivity (Wildman–Crippen MR) is 80.7 cm³/mol. The van der Waals surface area contributed by atoms with Gasteiger partial charge in [0.25, 0.3) is 0 Å². The molecule has 0 amide bonds. The maximum atomic E-state index is 11.5. The van der Waals surface area contributed by atoms with Gasteiger partial charge < -0.3 is 14.2 Å². The monoisotopic (exact) mass is 310 g/mol. The zero-order chi connectivity index (χ0) is 17.0. The summed E-state index contributed by atoms with van der Waals surface area (Å²) in [5.74, 6) is -1.23. The summed E-state index contributed by atoms with van der Waals surface area (Å²) < 4.78 is 14.1. The lowest BCUT2D eigenvalue weighted by molar-refractivity contribution is -0.140. The molecule has 0 saturated carbocycles. The van der Waals surface area contributed by atoms with Crippen molar-refractivity contribution in [3.63, 3.8) is 0 Å². The fraction of sp³-hybridized carbons (Fsp3) is 0.438. The lowest BCUT2D eigenvalue weighted by atomic mass is 10.1. The molecule has 0 aromatic heterocycles. The Bertz CT molecular complexity index is 458. The summed E-state index contributed by atoms with van der Waals surface area (Å²) in [4.78, 5) is 32.9. The van der Waals surface area contributed by atoms with Gasteiger partial charge in [-0.1, -0.05) is 12.1 Å². The van der Waals surface area contributed by atoms with E-state index < -0.39 is 11.9 Å². The molecule has 6 nitrogen and oxygen atoms in total. The van der Waals surface area contributed by atoms with E-state index in [1.165, 1.54) is 6.92 Å². The second-order valence-corrected chi connectivity index (χ2v) is 3.91. The summed E-state index contributed by atoms with van der Waals surface area (Å²) in [6.07, 6.45) is 0. The molecule has 0 atom stereocenters. The molecule has 0 aliphatic rings. The molecular formula is C16H22O6. The average molecular weight is 310 g/mol. The summed E-state index contributed by atoms with van der Waals surface area (Å²) in [6, 6.07) is 6.44. The van der Waals surface area contributed by atoms with Crippen LogP contribution in [0.5, 0.6) is 0 Å². The van der Waals surface area contributed by atoms with Crippen molar-refractivity contribution in [2.45, 2.75) is 27.7 Å². The molecule has 0 radical (unpaired) electrons. The van der Waals surface area contributed by atoms with Gasteiger partial charge in [-0.05, 0) is 32.9 Å². The Balaban J connectivity index is 0.000000626. The van der Waals surface area contributed by atoms with E-state index in [0.717, 1.165) is 0 Å². The standard InChI is InChI=1S/C12H14O4.C4H8O2/c1-3-15-11(13)9-7-5-6-8-10(9)12(14)16-4-2;1-3-6-4(2)5/h5-8H,3-4H2,1-2H3;3H2,1-2H3. The fourth-order valence-electron chi connectivity index (χ4n) is 1.46. The van der Waals surface area contributed by atoms with Gasteiger partial charge in [0.2, 0.25) is 0 Å². The first-order chi connectivity index (χ1) is 10.5. The van der Waals surface area contributed by atoms with Crippen molar-refractivity contribution < 1.29 is 28.6 Å². The van der Waals surface area contributed by atoms with E-state index in [1.54, 1.807) is 45.0 Å². The maximum Gasteiger partial charge on any atom is 0.338 e. The van der Waals surface area contributed by atoms with E-state index in [9.17, 15) is 14.4 Å². The van der Waals surface area contributed by atoms with Crippen molar-refractivity contribution in [1.82, 2.24) is 0 Å². The number of ether oxygens (including phenoxy) is 3. The topological polar surface area (TPSA) is 78.9 Å². The number of hydrogen-bond acceptors (Lipinski definition) is 6. The third-order valence-electron chi connectivity index (χ3n) is 2.27. The van der Waals surface area contributed by atoms with Crippen LogP contribution >= 0.6 is 0 Å². The Morgan fingerprint density at radius 1 is 0.773 bits per heavy atom. The molecule has 0 saturated heterocycles. The molecule has 0 unspecified atom stereocenters. The molecule has 6 heteroatoms. The third-order valence-corrected chi connectivity index (χ3v) is 2.27. The number of carbonyl (C=O) groups excluding carboxylic acids is 3. The number of rotatable bonds is 5. The van der Waals surface area contributed by atoms with Crippen LogP contribution in [0.2, 0.25) is 0 Å². The highest BCUT2D eigenvalue weighted by molar-refractivity contribution is 6.03. The minimum Gasteiger partial charge on any atom is -0.466 e. The summed E-state index contributed by atoms with van der Waals surface area (Å²) in [5, 5.41) is 0. The van der Waals surface area contributed by atoms with Gasteiger partial charge in [0, 0.05) is 6.92 Å². The molecule has 0 aliphatic heterocycles. The smallest absolute Gasteiger partial charge is 0.338 e. The second-order valence-electron chi connectivity index (χ2n) is 3.91. The van der Waals surface area contributed by atoms with Crippen molar-refractivity contribution in [2.24, 2.45) is 0 Å². The highest BCUT2D eigenvalue weighted by Crippen LogP contribution is 2.11. The molecule has 1 aromatic rings. The predicted octanol–water partition coefficient (Wildman–Crippen LogP) is 2.61. The molecule has 0 bridgehead atoms. The van der Waals surface area contributed by atoms with Gasteiger partial charge >= 0.3 is 17.9 Å². The normalized spacial score (nSPS) is 9.09. The van der Waals surface area contributed by atoms with E-state index in [2.05, 4.69) is 4.74 Å². The summed E-state index contributed by atoms with van der Waals surface area (Å²) in [5.41, 5.74) is 0.477. The highest BCUT2D eigenvalue weighted by Gasteiger charge is 2.17. The highest BCUT2D eigenvalue weighted by atomic mass is 16.5. The minimum absolute atomic E-state index is 0.211. The lowest BCUT2D eigenvalue weighted by Crippen LogP contribution is -2.13. The molecule has 1 rings (SSSR count). The molecular weight excluding hydrogens is 288 g/mol. The third kappa shape index (κ3) is 7.42. The molecule has 0 spiro atoms. The van der Waals surface area contributed by atoms with Crippen molar-refractivity contribution in [3.05, 3.63) is 35.4 Å². The van der Waals surface area contributed by atoms with Crippen LogP contribution in [0.4, 0.5) is 0 Å². The quantitative estimate of drug-likeness (QED) is 0.614. The molecule has 0 heterocycles. The van der Waals surface area contributed by atoms with Gasteiger partial charge in [-0.2, -0.15) is 0 Å². The van der Waals surface area contributed by atoms with Gasteiger partial charge in [0.05, 0.1) is 30.9 Å². The molecule has 22 heavy (non-hydrogen) atoms. The molecule has 122 valence electrons. The van der Waals surface area contributed by atoms with E-state index in [4.69, 9.17) is 9.47 Å². The number of esters is 3. The minimum atomic E-state index is -0.508. The Morgan fingerprint density at radius 3 is 1.36 bits per heavy atom. The molecule has 1 aromatic carbocycles. The van der Waals surface area contributed by atoms with Crippen LogP contribution < -0.4 is 0 Å². The summed E-state index contributed by atoms with van der Waals surface area (Å²) >= 11 is 0. The van der Waals surface area contributed by atoms with E-state index in [0.29, 0.717) is 6.61 Å². The molecule has 0 fully saturated rings. The number of hydrogen-bond donors (Lipinski definition) is 0. The van der Waals surface area contributed by atoms with Gasteiger partial charge in [0.15, 0.2) is 0 Å². The molecule has 0 aliphatic carbocycles. The second kappa shape index (κ2) is 11.3. The average Bonchev–Trinajstić information content (AvgIpc) is 2.48. The largest absolute Gasteiger partial charge is 0.466 e. The summed E-state index contributed by atoms with van der Waals surface area (Å²) in [6.45, 7) is 7.63. The van der Waals surface area contributed by atoms with Gasteiger partial charge in [-0.3, -0.25) is 4.79 Å². The number of carbonyl (C=O) groups is 3. The van der Waals surface area contributed by atoms with Crippen LogP contribution in [0.3, 0.4) is 0 Å². The van der Waals surface area contributed by atoms with Crippen LogP contribution in [-0.4, -0.2) is 37.7 Å². The Hall–Kier alpha value is -2.37. The van der Waals surface area contributed by atoms with Gasteiger partial charge in [-0.15, -0.1) is 0 Å². The number of benzene rings is 1. The molecule has 0 N–H and O–H groups in total. The Labute approximate surface area is 130 Å². The first kappa shape index (κ1) is 19.6. The van der Waals surface area contributed by atoms with Crippen LogP contribution in [-0.2, 0) is 19.0 Å². The van der Waals surface area contributed by atoms with E-state index >= 15 is 0 Å². The Morgan fingerprint density at radius 2 is 1.14 bits per heavy atom. The zero-order valence-electron chi connectivity index (χ0n) is 13.4. The maximum absolute atomic E-state index is 11.5. The van der Waals surface area contributed by atoms with Crippen molar-refractivity contribution in [1.29, 1.82) is 0 Å². The van der Waals surface area contributed by atoms with Gasteiger partial charge in [-0.25, -0.2) is 9.59 Å². The lowest BCUT2D eigenvalue weighted by Gasteiger charge is -2.07. The summed E-state index contributed by atoms with van der Waals surface area (Å²) in [7, 11) is 0. The van der Waals surface area contributed by atoms with Crippen LogP contribution in [0.15, 0.2) is 24.3 Å². The van der Waals surface area contributed by atoms with Crippen LogP contribution in [0.1, 0.15) is 48.4 Å². The van der Waals surface area contributed by atoms with Crippen molar-refractivity contribution in [3.8, 4) is 0 Å². The van der Waals surface area contributed by atoms with E-state index in [-0.39, 0.29) is 30.3 Å². The van der Waals surface area contributed by atoms with Crippen LogP contribution in [0, 0.1) is 0 Å². The van der Waals surface area contributed by atoms with Crippen molar-refractivity contribution in [2.75, 3.05) is 19.8 Å². The SMILES string of the molecule is CCOC(=O)c1ccccc1C(=O)OCC.CCOC(C)=O. The van der Waals surface area contributed by atoms with E-state index in [1.807, 2.05) is 0 Å². The first-order valence-corrected chi connectivity index (χ1v) is 7.04. The van der Waals surface area contributed by atoms with Crippen molar-refractivity contribution >= 4 is 17.9 Å². The Kier molecular flexibility index (Phi) is 10.1. The fourth-order valence-corrected chi connectivity index (χ4v) is 1.46. The van der Waals surface area contributed by atoms with Crippen LogP contribution in [0.25, 0.3) is 0 Å². The van der Waals surface area contributed by atoms with Gasteiger partial charge in [0.1, 0.15) is 0 Å². The zero-order valence-corrected chi connectivity index (χ0v) is 13.4. The first-order valence-electron chi connectivity index (χ1n) is 7.04.